The fourth-order valence-electron chi connectivity index (χ4n) is 6.25. The molecule has 3 rings (SSSR count). The van der Waals surface area contributed by atoms with Gasteiger partial charge in [0.1, 0.15) is 17.3 Å². The van der Waals surface area contributed by atoms with Gasteiger partial charge in [0.2, 0.25) is 0 Å². The Morgan fingerprint density at radius 3 is 2.14 bits per heavy atom. The molecule has 2 aliphatic heterocycles. The number of hydrogen-bond acceptors (Lipinski definition) is 8. The molecule has 0 aliphatic carbocycles. The molecule has 2 fully saturated rings. The third-order valence-corrected chi connectivity index (χ3v) is 9.33. The van der Waals surface area contributed by atoms with Gasteiger partial charge in [0.05, 0.1) is 30.1 Å². The molecule has 0 amide bonds. The maximum absolute atomic E-state index is 13.5. The molecule has 0 aromatic carbocycles. The van der Waals surface area contributed by atoms with Gasteiger partial charge in [0.15, 0.2) is 17.0 Å². The first kappa shape index (κ1) is 29.0. The van der Waals surface area contributed by atoms with Crippen molar-refractivity contribution in [2.75, 3.05) is 0 Å². The first-order valence-electron chi connectivity index (χ1n) is 13.2. The second-order valence-electron chi connectivity index (χ2n) is 11.3. The van der Waals surface area contributed by atoms with E-state index >= 15 is 0 Å². The molecule has 0 unspecified atom stereocenters. The predicted molar refractivity (Wildman–Crippen MR) is 134 cm³/mol. The minimum Gasteiger partial charge on any atom is -0.465 e. The first-order chi connectivity index (χ1) is 16.6. The van der Waals surface area contributed by atoms with E-state index in [2.05, 4.69) is 0 Å². The highest BCUT2D eigenvalue weighted by molar-refractivity contribution is 5.85. The van der Waals surface area contributed by atoms with Gasteiger partial charge >= 0.3 is 0 Å². The molecule has 1 spiro atoms. The number of aliphatic hydroxyl groups excluding tert-OH is 2. The third-order valence-electron chi connectivity index (χ3n) is 9.33. The van der Waals surface area contributed by atoms with E-state index in [1.54, 1.807) is 55.4 Å². The monoisotopic (exact) mass is 508 g/mol. The second kappa shape index (κ2) is 9.95. The third kappa shape index (κ3) is 4.19. The number of carbonyl (C=O) groups excluding carboxylic acids is 1. The number of carbonyl (C=O) groups is 1. The molecule has 1 aromatic rings. The van der Waals surface area contributed by atoms with Gasteiger partial charge in [0.25, 0.3) is 0 Å². The molecular formula is C28H44O8. The van der Waals surface area contributed by atoms with Crippen LogP contribution in [-0.4, -0.2) is 51.0 Å². The summed E-state index contributed by atoms with van der Waals surface area (Å²) in [6, 6.07) is 0. The highest BCUT2D eigenvalue weighted by Gasteiger charge is 2.66. The summed E-state index contributed by atoms with van der Waals surface area (Å²) in [5.74, 6) is -7.04. The van der Waals surface area contributed by atoms with Gasteiger partial charge in [-0.15, -0.1) is 0 Å². The van der Waals surface area contributed by atoms with Crippen LogP contribution in [0.3, 0.4) is 0 Å². The summed E-state index contributed by atoms with van der Waals surface area (Å²) in [5, 5.41) is 34.1. The van der Waals surface area contributed by atoms with Crippen LogP contribution in [0.4, 0.5) is 0 Å². The highest BCUT2D eigenvalue weighted by atomic mass is 16.8. The zero-order valence-corrected chi connectivity index (χ0v) is 23.3. The van der Waals surface area contributed by atoms with Crippen LogP contribution in [0.2, 0.25) is 0 Å². The van der Waals surface area contributed by atoms with Crippen molar-refractivity contribution in [1.29, 1.82) is 0 Å². The molecule has 0 bridgehead atoms. The van der Waals surface area contributed by atoms with Gasteiger partial charge in [0, 0.05) is 34.8 Å². The number of hydrogen-bond donors (Lipinski definition) is 3. The van der Waals surface area contributed by atoms with E-state index in [4.69, 9.17) is 13.9 Å². The van der Waals surface area contributed by atoms with Gasteiger partial charge < -0.3 is 29.2 Å². The largest absolute Gasteiger partial charge is 0.465 e. The lowest BCUT2D eigenvalue weighted by atomic mass is 9.67. The van der Waals surface area contributed by atoms with Crippen LogP contribution < -0.4 is 5.43 Å². The van der Waals surface area contributed by atoms with Gasteiger partial charge in [-0.3, -0.25) is 9.59 Å². The summed E-state index contributed by atoms with van der Waals surface area (Å²) < 4.78 is 19.1. The highest BCUT2D eigenvalue weighted by Crippen LogP contribution is 2.54. The first-order valence-corrected chi connectivity index (χ1v) is 13.2. The smallest absolute Gasteiger partial charge is 0.191 e. The minimum absolute atomic E-state index is 0.112. The fraction of sp³-hybridized carbons (Fsp3) is 0.786. The van der Waals surface area contributed by atoms with Gasteiger partial charge in [-0.25, -0.2) is 0 Å². The van der Waals surface area contributed by atoms with E-state index in [-0.39, 0.29) is 22.9 Å². The number of Topliss-reactive ketones (excluding diaryl/α,β-unsaturated/α-hetero) is 1. The zero-order chi connectivity index (χ0) is 27.5. The van der Waals surface area contributed by atoms with Gasteiger partial charge in [-0.2, -0.15) is 0 Å². The van der Waals surface area contributed by atoms with Crippen LogP contribution in [0, 0.1) is 50.4 Å². The van der Waals surface area contributed by atoms with Crippen molar-refractivity contribution in [3.63, 3.8) is 0 Å². The Balaban J connectivity index is 2.15. The molecular weight excluding hydrogens is 464 g/mol. The van der Waals surface area contributed by atoms with Crippen molar-refractivity contribution in [2.24, 2.45) is 29.6 Å². The lowest BCUT2D eigenvalue weighted by Gasteiger charge is -2.60. The number of aryl methyl sites for hydroxylation is 1. The van der Waals surface area contributed by atoms with Crippen molar-refractivity contribution in [3.8, 4) is 0 Å². The fourth-order valence-corrected chi connectivity index (χ4v) is 6.25. The number of aliphatic hydroxyl groups is 3. The van der Waals surface area contributed by atoms with Crippen LogP contribution in [0.5, 0.6) is 0 Å². The van der Waals surface area contributed by atoms with Gasteiger partial charge in [-0.1, -0.05) is 48.5 Å². The topological polar surface area (TPSA) is 126 Å². The average Bonchev–Trinajstić information content (AvgIpc) is 2.86. The van der Waals surface area contributed by atoms with E-state index in [0.717, 1.165) is 0 Å². The summed E-state index contributed by atoms with van der Waals surface area (Å²) in [5.41, 5.74) is 0.676. The lowest BCUT2D eigenvalue weighted by molar-refractivity contribution is -0.450. The Morgan fingerprint density at radius 2 is 1.58 bits per heavy atom. The Bertz CT molecular complexity index is 1050. The maximum atomic E-state index is 13.5. The van der Waals surface area contributed by atoms with E-state index in [9.17, 15) is 24.9 Å². The van der Waals surface area contributed by atoms with E-state index < -0.39 is 59.5 Å². The standard InChI is InChI=1S/C28H44O8/c1-11-21(29)13(3)25-15(5)23(31)17(7)28(35-25)18(8)24(32)16(6)27(33,36-28)19(9)26-14(4)22(30)12(2)20(10)34-26/h13,15-19,21,24-25,29,32-33H,11H2,1-10H3/t13-,15-,16-,17-,18+,19-,21-,24+,25+,27-,28-/m1/s1. The molecule has 8 heteroatoms. The predicted octanol–water partition coefficient (Wildman–Crippen LogP) is 3.36. The van der Waals surface area contributed by atoms with Crippen molar-refractivity contribution in [3.05, 3.63) is 32.9 Å². The van der Waals surface area contributed by atoms with Crippen LogP contribution in [0.15, 0.2) is 9.21 Å². The van der Waals surface area contributed by atoms with Crippen molar-refractivity contribution in [1.82, 2.24) is 0 Å². The summed E-state index contributed by atoms with van der Waals surface area (Å²) in [4.78, 5) is 26.3. The number of ketones is 1. The van der Waals surface area contributed by atoms with Crippen molar-refractivity contribution in [2.45, 2.75) is 111 Å². The van der Waals surface area contributed by atoms with Crippen LogP contribution in [0.1, 0.15) is 83.5 Å². The molecule has 8 nitrogen and oxygen atoms in total. The Hall–Kier alpha value is -1.58. The second-order valence-corrected chi connectivity index (χ2v) is 11.3. The molecule has 36 heavy (non-hydrogen) atoms. The molecule has 0 saturated carbocycles. The van der Waals surface area contributed by atoms with Crippen molar-refractivity contribution < 1.29 is 34.0 Å². The van der Waals surface area contributed by atoms with E-state index in [1.807, 2.05) is 13.8 Å². The normalized spacial score (nSPS) is 39.8. The van der Waals surface area contributed by atoms with E-state index in [0.29, 0.717) is 23.3 Å². The van der Waals surface area contributed by atoms with Crippen LogP contribution in [0.25, 0.3) is 0 Å². The SMILES string of the molecule is CC[C@@H](O)[C@@H](C)[C@@H]1O[C@@]2(O[C@@](O)([C@H](C)c3oc(C)c(C)c(=O)c3C)[C@H](C)[C@H](O)[C@@H]2C)[C@H](C)C(=O)[C@H]1C. The Kier molecular flexibility index (Phi) is 8.01. The molecule has 11 atom stereocenters. The molecule has 3 heterocycles. The summed E-state index contributed by atoms with van der Waals surface area (Å²) in [6.45, 7) is 17.3. The lowest BCUT2D eigenvalue weighted by Crippen LogP contribution is -2.72. The summed E-state index contributed by atoms with van der Waals surface area (Å²) in [7, 11) is 0. The molecule has 3 N–H and O–H groups in total. The van der Waals surface area contributed by atoms with E-state index in [1.165, 1.54) is 0 Å². The Morgan fingerprint density at radius 1 is 1.00 bits per heavy atom. The van der Waals surface area contributed by atoms with Crippen LogP contribution >= 0.6 is 0 Å². The van der Waals surface area contributed by atoms with Crippen molar-refractivity contribution >= 4 is 5.78 Å². The maximum Gasteiger partial charge on any atom is 0.191 e. The molecule has 0 radical (unpaired) electrons. The molecule has 2 saturated heterocycles. The number of rotatable bonds is 5. The molecule has 2 aliphatic rings. The average molecular weight is 509 g/mol. The zero-order valence-electron chi connectivity index (χ0n) is 23.3. The van der Waals surface area contributed by atoms with Gasteiger partial charge in [-0.05, 0) is 27.2 Å². The molecule has 204 valence electrons. The summed E-state index contributed by atoms with van der Waals surface area (Å²) in [6.07, 6.45) is -1.95. The molecule has 1 aromatic heterocycles. The number of ether oxygens (including phenoxy) is 2. The quantitative estimate of drug-likeness (QED) is 0.553. The minimum atomic E-state index is -2.01. The summed E-state index contributed by atoms with van der Waals surface area (Å²) >= 11 is 0. The Labute approximate surface area is 214 Å². The van der Waals surface area contributed by atoms with Crippen LogP contribution in [-0.2, 0) is 14.3 Å².